The fourth-order valence-corrected chi connectivity index (χ4v) is 2.56. The third-order valence-corrected chi connectivity index (χ3v) is 3.77. The highest BCUT2D eigenvalue weighted by atomic mass is 16.2. The van der Waals surface area contributed by atoms with Crippen LogP contribution in [0.2, 0.25) is 0 Å². The molecule has 1 aromatic heterocycles. The number of benzene rings is 2. The first-order valence-corrected chi connectivity index (χ1v) is 7.88. The molecule has 125 valence electrons. The van der Waals surface area contributed by atoms with Crippen LogP contribution in [0.3, 0.4) is 0 Å². The number of carbonyl (C=O) groups is 2. The van der Waals surface area contributed by atoms with E-state index in [1.54, 1.807) is 18.2 Å². The van der Waals surface area contributed by atoms with Crippen molar-refractivity contribution in [2.75, 3.05) is 5.32 Å². The Balaban J connectivity index is 1.57. The molecule has 0 saturated heterocycles. The molecule has 3 aromatic rings. The molecule has 6 nitrogen and oxygen atoms in total. The summed E-state index contributed by atoms with van der Waals surface area (Å²) in [6.07, 6.45) is 2.56. The number of anilines is 1. The Bertz CT molecular complexity index is 924. The van der Waals surface area contributed by atoms with Gasteiger partial charge in [0.25, 0.3) is 0 Å². The summed E-state index contributed by atoms with van der Waals surface area (Å²) in [7, 11) is 0. The Morgan fingerprint density at radius 3 is 2.64 bits per heavy atom. The highest BCUT2D eigenvalue weighted by Gasteiger charge is 2.09. The molecule has 0 unspecified atom stereocenters. The van der Waals surface area contributed by atoms with E-state index in [-0.39, 0.29) is 5.91 Å². The van der Waals surface area contributed by atoms with E-state index in [0.717, 1.165) is 16.5 Å². The molecule has 25 heavy (non-hydrogen) atoms. The van der Waals surface area contributed by atoms with Crippen LogP contribution in [0.1, 0.15) is 22.3 Å². The summed E-state index contributed by atoms with van der Waals surface area (Å²) >= 11 is 0. The second kappa shape index (κ2) is 7.53. The first kappa shape index (κ1) is 16.6. The lowest BCUT2D eigenvalue weighted by Gasteiger charge is -2.07. The summed E-state index contributed by atoms with van der Waals surface area (Å²) in [6, 6.07) is 16.4. The van der Waals surface area contributed by atoms with Gasteiger partial charge in [-0.25, -0.2) is 0 Å². The third-order valence-electron chi connectivity index (χ3n) is 3.77. The van der Waals surface area contributed by atoms with Crippen molar-refractivity contribution in [3.05, 3.63) is 72.1 Å². The van der Waals surface area contributed by atoms with Crippen LogP contribution in [0.25, 0.3) is 10.9 Å². The smallest absolute Gasteiger partial charge is 0.248 e. The Labute approximate surface area is 145 Å². The second-order valence-electron chi connectivity index (χ2n) is 5.54. The van der Waals surface area contributed by atoms with E-state index in [1.165, 1.54) is 6.42 Å². The number of amides is 2. The Kier molecular flexibility index (Phi) is 4.99. The fourth-order valence-electron chi connectivity index (χ4n) is 2.56. The van der Waals surface area contributed by atoms with Crippen molar-refractivity contribution in [1.29, 1.82) is 0 Å². The number of nitrogens with two attached hydrogens (primary N) is 1. The molecule has 6 heteroatoms. The van der Waals surface area contributed by atoms with Crippen LogP contribution in [-0.4, -0.2) is 22.0 Å². The molecule has 0 atom stereocenters. The second-order valence-corrected chi connectivity index (χ2v) is 5.54. The van der Waals surface area contributed by atoms with Gasteiger partial charge in [0.15, 0.2) is 5.82 Å². The maximum absolute atomic E-state index is 12.0. The van der Waals surface area contributed by atoms with Gasteiger partial charge in [-0.05, 0) is 36.6 Å². The number of hydrogen-bond acceptors (Lipinski definition) is 4. The van der Waals surface area contributed by atoms with Gasteiger partial charge in [0.2, 0.25) is 11.8 Å². The normalized spacial score (nSPS) is 10.6. The number of aromatic nitrogens is 2. The first-order chi connectivity index (χ1) is 12.1. The van der Waals surface area contributed by atoms with Crippen LogP contribution in [0, 0.1) is 6.42 Å². The Hall–Kier alpha value is -3.28. The van der Waals surface area contributed by atoms with Crippen molar-refractivity contribution < 1.29 is 9.59 Å². The van der Waals surface area contributed by atoms with Crippen molar-refractivity contribution in [3.8, 4) is 0 Å². The monoisotopic (exact) mass is 333 g/mol. The van der Waals surface area contributed by atoms with Crippen LogP contribution >= 0.6 is 0 Å². The Morgan fingerprint density at radius 1 is 1.04 bits per heavy atom. The number of hydrogen-bond donors (Lipinski definition) is 2. The molecule has 3 N–H and O–H groups in total. The lowest BCUT2D eigenvalue weighted by atomic mass is 10.0. The van der Waals surface area contributed by atoms with Crippen LogP contribution in [0.15, 0.2) is 54.6 Å². The molecule has 0 aliphatic heterocycles. The van der Waals surface area contributed by atoms with Gasteiger partial charge >= 0.3 is 0 Å². The van der Waals surface area contributed by atoms with Gasteiger partial charge in [-0.2, -0.15) is 0 Å². The highest BCUT2D eigenvalue weighted by molar-refractivity contribution is 5.97. The number of aryl methyl sites for hydroxylation is 1. The van der Waals surface area contributed by atoms with E-state index in [9.17, 15) is 9.59 Å². The standard InChI is InChI=1S/C19H17N4O2/c20-19(25)15-9-3-1-6-13(15)8-5-11-18(24)21-17-12-14-7-2-4-10-16(14)22-23-17/h1-4,6-7,9-12H,5,8H2,(H2,20,25)(H,21,23,24). The number of rotatable bonds is 6. The Morgan fingerprint density at radius 2 is 1.80 bits per heavy atom. The van der Waals surface area contributed by atoms with Gasteiger partial charge in [0.1, 0.15) is 0 Å². The summed E-state index contributed by atoms with van der Waals surface area (Å²) in [4.78, 5) is 23.4. The van der Waals surface area contributed by atoms with Crippen LogP contribution in [-0.2, 0) is 11.2 Å². The highest BCUT2D eigenvalue weighted by Crippen LogP contribution is 2.15. The van der Waals surface area contributed by atoms with E-state index in [2.05, 4.69) is 15.5 Å². The number of fused-ring (bicyclic) bond motifs is 1. The molecule has 0 saturated carbocycles. The summed E-state index contributed by atoms with van der Waals surface area (Å²) in [5.41, 5.74) is 7.43. The van der Waals surface area contributed by atoms with E-state index in [1.807, 2.05) is 36.4 Å². The van der Waals surface area contributed by atoms with Gasteiger partial charge in [0.05, 0.1) is 11.9 Å². The number of carbonyl (C=O) groups excluding carboxylic acids is 2. The molecule has 0 spiro atoms. The maximum Gasteiger partial charge on any atom is 0.248 e. The molecular formula is C19H17N4O2. The van der Waals surface area contributed by atoms with Crippen LogP contribution in [0.5, 0.6) is 0 Å². The largest absolute Gasteiger partial charge is 0.366 e. The average molecular weight is 333 g/mol. The van der Waals surface area contributed by atoms with Gasteiger partial charge in [-0.1, -0.05) is 36.4 Å². The van der Waals surface area contributed by atoms with E-state index in [4.69, 9.17) is 5.73 Å². The fraction of sp³-hybridized carbons (Fsp3) is 0.105. The zero-order chi connectivity index (χ0) is 17.6. The molecule has 2 aromatic carbocycles. The van der Waals surface area contributed by atoms with Crippen molar-refractivity contribution in [2.24, 2.45) is 5.73 Å². The van der Waals surface area contributed by atoms with E-state index in [0.29, 0.717) is 24.2 Å². The predicted molar refractivity (Wildman–Crippen MR) is 95.7 cm³/mol. The molecule has 0 aliphatic carbocycles. The van der Waals surface area contributed by atoms with Crippen molar-refractivity contribution in [2.45, 2.75) is 12.8 Å². The number of primary amides is 1. The molecule has 1 heterocycles. The van der Waals surface area contributed by atoms with E-state index < -0.39 is 5.91 Å². The van der Waals surface area contributed by atoms with Crippen molar-refractivity contribution >= 4 is 28.5 Å². The molecule has 0 aliphatic rings. The first-order valence-electron chi connectivity index (χ1n) is 7.88. The summed E-state index contributed by atoms with van der Waals surface area (Å²) in [5.74, 6) is -0.329. The summed E-state index contributed by atoms with van der Waals surface area (Å²) in [6.45, 7) is 0. The quantitative estimate of drug-likeness (QED) is 0.724. The molecule has 0 bridgehead atoms. The minimum Gasteiger partial charge on any atom is -0.366 e. The zero-order valence-corrected chi connectivity index (χ0v) is 13.5. The van der Waals surface area contributed by atoms with Crippen LogP contribution in [0.4, 0.5) is 5.82 Å². The number of nitrogens with zero attached hydrogens (tertiary/aromatic N) is 2. The lowest BCUT2D eigenvalue weighted by Crippen LogP contribution is -2.15. The third kappa shape index (κ3) is 4.17. The minimum absolute atomic E-state index is 0.263. The lowest BCUT2D eigenvalue weighted by molar-refractivity contribution is -0.113. The van der Waals surface area contributed by atoms with Gasteiger partial charge in [0, 0.05) is 10.9 Å². The van der Waals surface area contributed by atoms with Crippen molar-refractivity contribution in [1.82, 2.24) is 10.2 Å². The average Bonchev–Trinajstić information content (AvgIpc) is 2.62. The zero-order valence-electron chi connectivity index (χ0n) is 13.5. The maximum atomic E-state index is 12.0. The van der Waals surface area contributed by atoms with Crippen LogP contribution < -0.4 is 11.1 Å². The van der Waals surface area contributed by atoms with Crippen molar-refractivity contribution in [3.63, 3.8) is 0 Å². The molecular weight excluding hydrogens is 316 g/mol. The number of nitrogens with one attached hydrogen (secondary N) is 1. The minimum atomic E-state index is -0.466. The summed E-state index contributed by atoms with van der Waals surface area (Å²) in [5, 5.41) is 11.7. The summed E-state index contributed by atoms with van der Waals surface area (Å²) < 4.78 is 0. The molecule has 0 fully saturated rings. The SMILES string of the molecule is NC(=O)c1ccccc1CC[CH]C(=O)Nc1cc2ccccc2nn1. The molecule has 1 radical (unpaired) electrons. The van der Waals surface area contributed by atoms with Gasteiger partial charge in [-0.3, -0.25) is 9.59 Å². The van der Waals surface area contributed by atoms with Gasteiger partial charge < -0.3 is 11.1 Å². The van der Waals surface area contributed by atoms with Gasteiger partial charge in [-0.15, -0.1) is 10.2 Å². The predicted octanol–water partition coefficient (Wildman–Crippen LogP) is 2.50. The van der Waals surface area contributed by atoms with E-state index >= 15 is 0 Å². The molecule has 2 amide bonds. The topological polar surface area (TPSA) is 98.0 Å². The molecule has 3 rings (SSSR count).